The van der Waals surface area contributed by atoms with Crippen LogP contribution in [0, 0.1) is 11.8 Å². The van der Waals surface area contributed by atoms with E-state index in [2.05, 4.69) is 132 Å². The van der Waals surface area contributed by atoms with Crippen LogP contribution in [0.3, 0.4) is 0 Å². The highest BCUT2D eigenvalue weighted by atomic mass is 15.7. The Labute approximate surface area is 211 Å². The SMILES string of the molecule is C=CCC1C(C)[C@@H]2[C@H](C(C)CN1Cc1ccccc1)N(Cc1ccccc1)N2Cc1ccccc1. The zero-order valence-electron chi connectivity index (χ0n) is 21.2. The van der Waals surface area contributed by atoms with E-state index in [1.54, 1.807) is 0 Å². The molecule has 3 heteroatoms. The Morgan fingerprint density at radius 2 is 1.14 bits per heavy atom. The molecule has 3 aromatic carbocycles. The molecule has 3 unspecified atom stereocenters. The van der Waals surface area contributed by atoms with Crippen LogP contribution in [0.15, 0.2) is 104 Å². The summed E-state index contributed by atoms with van der Waals surface area (Å²) in [5, 5.41) is 5.35. The molecule has 0 aliphatic carbocycles. The van der Waals surface area contributed by atoms with Crippen molar-refractivity contribution in [2.24, 2.45) is 11.8 Å². The Kier molecular flexibility index (Phi) is 7.48. The van der Waals surface area contributed by atoms with E-state index in [0.29, 0.717) is 30.0 Å². The van der Waals surface area contributed by atoms with Crippen LogP contribution in [-0.2, 0) is 19.6 Å². The fourth-order valence-electron chi connectivity index (χ4n) is 6.48. The second-order valence-corrected chi connectivity index (χ2v) is 10.5. The van der Waals surface area contributed by atoms with Crippen LogP contribution in [0.1, 0.15) is 37.0 Å². The van der Waals surface area contributed by atoms with Gasteiger partial charge < -0.3 is 0 Å². The second-order valence-electron chi connectivity index (χ2n) is 10.5. The standard InChI is InChI=1S/C32H39N3/c1-4-14-30-26(3)32-31(25(2)21-33(30)22-27-15-8-5-9-16-27)34(23-28-17-10-6-11-18-28)35(32)24-29-19-12-7-13-20-29/h4-13,15-20,25-26,30-32H,1,14,21-24H2,2-3H3/t25?,26?,30?,31-,32+/m0/s1. The number of hydrogen-bond acceptors (Lipinski definition) is 3. The Morgan fingerprint density at radius 1 is 0.686 bits per heavy atom. The molecule has 35 heavy (non-hydrogen) atoms. The molecule has 0 N–H and O–H groups in total. The Bertz CT molecular complexity index is 1070. The largest absolute Gasteiger partial charge is 0.295 e. The van der Waals surface area contributed by atoms with Crippen LogP contribution >= 0.6 is 0 Å². The van der Waals surface area contributed by atoms with Gasteiger partial charge in [-0.25, -0.2) is 10.0 Å². The molecule has 0 aromatic heterocycles. The topological polar surface area (TPSA) is 9.72 Å². The summed E-state index contributed by atoms with van der Waals surface area (Å²) in [4.78, 5) is 2.74. The molecule has 0 radical (unpaired) electrons. The van der Waals surface area contributed by atoms with Crippen LogP contribution < -0.4 is 0 Å². The quantitative estimate of drug-likeness (QED) is 0.357. The van der Waals surface area contributed by atoms with Crippen molar-refractivity contribution in [1.82, 2.24) is 14.9 Å². The summed E-state index contributed by atoms with van der Waals surface area (Å²) in [5.74, 6) is 1.12. The Morgan fingerprint density at radius 3 is 1.63 bits per heavy atom. The molecule has 2 heterocycles. The Hall–Kier alpha value is -2.72. The Balaban J connectivity index is 1.46. The lowest BCUT2D eigenvalue weighted by Gasteiger charge is -2.61. The van der Waals surface area contributed by atoms with Crippen molar-refractivity contribution in [2.75, 3.05) is 6.54 Å². The number of likely N-dealkylation sites (tertiary alicyclic amines) is 1. The predicted molar refractivity (Wildman–Crippen MR) is 145 cm³/mol. The molecule has 0 bridgehead atoms. The van der Waals surface area contributed by atoms with Gasteiger partial charge in [-0.15, -0.1) is 6.58 Å². The summed E-state index contributed by atoms with van der Waals surface area (Å²) >= 11 is 0. The third-order valence-corrected chi connectivity index (χ3v) is 8.10. The molecule has 3 aromatic rings. The average molecular weight is 466 g/mol. The first-order chi connectivity index (χ1) is 17.2. The van der Waals surface area contributed by atoms with E-state index < -0.39 is 0 Å². The first-order valence-electron chi connectivity index (χ1n) is 13.2. The summed E-state index contributed by atoms with van der Waals surface area (Å²) in [6.07, 6.45) is 3.16. The molecular weight excluding hydrogens is 426 g/mol. The van der Waals surface area contributed by atoms with Crippen LogP contribution in [0.4, 0.5) is 0 Å². The number of nitrogens with zero attached hydrogens (tertiary/aromatic N) is 3. The van der Waals surface area contributed by atoms with E-state index in [0.717, 1.165) is 32.6 Å². The van der Waals surface area contributed by atoms with E-state index in [1.165, 1.54) is 16.7 Å². The van der Waals surface area contributed by atoms with Crippen molar-refractivity contribution in [3.63, 3.8) is 0 Å². The molecule has 182 valence electrons. The van der Waals surface area contributed by atoms with Gasteiger partial charge in [-0.05, 0) is 34.9 Å². The maximum Gasteiger partial charge on any atom is 0.0463 e. The molecule has 0 spiro atoms. The number of fused-ring (bicyclic) bond motifs is 1. The van der Waals surface area contributed by atoms with Crippen molar-refractivity contribution in [3.8, 4) is 0 Å². The summed E-state index contributed by atoms with van der Waals surface area (Å²) in [7, 11) is 0. The van der Waals surface area contributed by atoms with Crippen molar-refractivity contribution < 1.29 is 0 Å². The first kappa shape index (κ1) is 24.0. The lowest BCUT2D eigenvalue weighted by atomic mass is 9.80. The predicted octanol–water partition coefficient (Wildman–Crippen LogP) is 6.39. The van der Waals surface area contributed by atoms with Crippen LogP contribution in [0.5, 0.6) is 0 Å². The monoisotopic (exact) mass is 465 g/mol. The molecule has 2 aliphatic rings. The summed E-state index contributed by atoms with van der Waals surface area (Å²) in [5.41, 5.74) is 4.17. The van der Waals surface area contributed by atoms with Crippen LogP contribution in [0.2, 0.25) is 0 Å². The maximum atomic E-state index is 4.15. The fourth-order valence-corrected chi connectivity index (χ4v) is 6.48. The second kappa shape index (κ2) is 10.9. The number of rotatable bonds is 8. The van der Waals surface area contributed by atoms with Gasteiger partial charge in [0.1, 0.15) is 0 Å². The zero-order chi connectivity index (χ0) is 24.2. The van der Waals surface area contributed by atoms with Gasteiger partial charge >= 0.3 is 0 Å². The van der Waals surface area contributed by atoms with E-state index in [4.69, 9.17) is 0 Å². The van der Waals surface area contributed by atoms with Gasteiger partial charge in [-0.1, -0.05) is 111 Å². The van der Waals surface area contributed by atoms with Gasteiger partial charge in [0, 0.05) is 44.3 Å². The van der Waals surface area contributed by atoms with E-state index in [1.807, 2.05) is 0 Å². The summed E-state index contributed by atoms with van der Waals surface area (Å²) < 4.78 is 0. The van der Waals surface area contributed by atoms with Gasteiger partial charge in [0.2, 0.25) is 0 Å². The highest BCUT2D eigenvalue weighted by Crippen LogP contribution is 2.44. The lowest BCUT2D eigenvalue weighted by molar-refractivity contribution is -0.249. The third kappa shape index (κ3) is 5.13. The van der Waals surface area contributed by atoms with E-state index in [9.17, 15) is 0 Å². The smallest absolute Gasteiger partial charge is 0.0463 e. The van der Waals surface area contributed by atoms with E-state index >= 15 is 0 Å². The summed E-state index contributed by atoms with van der Waals surface area (Å²) in [6.45, 7) is 13.2. The van der Waals surface area contributed by atoms with Crippen molar-refractivity contribution in [3.05, 3.63) is 120 Å². The maximum absolute atomic E-state index is 4.15. The van der Waals surface area contributed by atoms with E-state index in [-0.39, 0.29) is 0 Å². The third-order valence-electron chi connectivity index (χ3n) is 8.10. The molecule has 5 rings (SSSR count). The number of benzene rings is 3. The normalized spacial score (nSPS) is 27.5. The molecule has 2 saturated heterocycles. The molecular formula is C32H39N3. The number of hydrazine groups is 1. The molecule has 0 amide bonds. The van der Waals surface area contributed by atoms with Gasteiger partial charge in [-0.3, -0.25) is 4.90 Å². The first-order valence-corrected chi connectivity index (χ1v) is 13.2. The van der Waals surface area contributed by atoms with Crippen molar-refractivity contribution in [2.45, 2.75) is 58.0 Å². The molecule has 3 nitrogen and oxygen atoms in total. The van der Waals surface area contributed by atoms with Crippen molar-refractivity contribution in [1.29, 1.82) is 0 Å². The molecule has 2 aliphatic heterocycles. The lowest BCUT2D eigenvalue weighted by Crippen LogP contribution is -2.74. The van der Waals surface area contributed by atoms with Crippen LogP contribution in [-0.4, -0.2) is 39.6 Å². The van der Waals surface area contributed by atoms with Gasteiger partial charge in [-0.2, -0.15) is 0 Å². The van der Waals surface area contributed by atoms with Crippen LogP contribution in [0.25, 0.3) is 0 Å². The highest BCUT2D eigenvalue weighted by molar-refractivity contribution is 5.20. The minimum Gasteiger partial charge on any atom is -0.295 e. The fraction of sp³-hybridized carbons (Fsp3) is 0.375. The van der Waals surface area contributed by atoms with Gasteiger partial charge in [0.25, 0.3) is 0 Å². The summed E-state index contributed by atoms with van der Waals surface area (Å²) in [6, 6.07) is 34.5. The minimum atomic E-state index is 0.488. The zero-order valence-corrected chi connectivity index (χ0v) is 21.2. The molecule has 2 fully saturated rings. The highest BCUT2D eigenvalue weighted by Gasteiger charge is 2.55. The number of hydrogen-bond donors (Lipinski definition) is 0. The minimum absolute atomic E-state index is 0.488. The average Bonchev–Trinajstić information content (AvgIpc) is 2.96. The van der Waals surface area contributed by atoms with Crippen molar-refractivity contribution >= 4 is 0 Å². The molecule has 0 saturated carbocycles. The van der Waals surface area contributed by atoms with Gasteiger partial charge in [0.15, 0.2) is 0 Å². The molecule has 5 atom stereocenters. The van der Waals surface area contributed by atoms with Gasteiger partial charge in [0.05, 0.1) is 0 Å².